The second kappa shape index (κ2) is 8.90. The fraction of sp³-hybridized carbons (Fsp3) is 0.471. The summed E-state index contributed by atoms with van der Waals surface area (Å²) >= 11 is 0. The van der Waals surface area contributed by atoms with Crippen LogP contribution in [0.5, 0.6) is 6.01 Å². The average molecular weight is 436 g/mol. The van der Waals surface area contributed by atoms with Gasteiger partial charge in [-0.1, -0.05) is 30.3 Å². The van der Waals surface area contributed by atoms with Gasteiger partial charge in [-0.2, -0.15) is 41.3 Å². The Morgan fingerprint density at radius 1 is 0.967 bits per heavy atom. The number of piperazine rings is 1. The summed E-state index contributed by atoms with van der Waals surface area (Å²) in [4.78, 5) is 13.1. The maximum atomic E-state index is 12.9. The summed E-state index contributed by atoms with van der Waals surface area (Å²) in [6.07, 6.45) is -15.4. The van der Waals surface area contributed by atoms with Gasteiger partial charge in [0.15, 0.2) is 0 Å². The topological polar surface area (TPSA) is 75.2 Å². The van der Waals surface area contributed by atoms with Gasteiger partial charge in [0.25, 0.3) is 6.10 Å². The summed E-state index contributed by atoms with van der Waals surface area (Å²) in [5.74, 6) is -0.263. The summed E-state index contributed by atoms with van der Waals surface area (Å²) in [5.41, 5.74) is 0.813. The van der Waals surface area contributed by atoms with E-state index in [0.29, 0.717) is 26.2 Å². The predicted octanol–water partition coefficient (Wildman–Crippen LogP) is 2.77. The smallest absolute Gasteiger partial charge is 0.434 e. The number of rotatable bonds is 6. The third-order valence-electron chi connectivity index (χ3n) is 4.11. The van der Waals surface area contributed by atoms with Crippen molar-refractivity contribution >= 4 is 11.9 Å². The molecule has 0 aliphatic carbocycles. The lowest BCUT2D eigenvalue weighted by Gasteiger charge is -2.28. The van der Waals surface area contributed by atoms with E-state index in [2.05, 4.69) is 30.3 Å². The number of benzene rings is 1. The second-order valence-corrected chi connectivity index (χ2v) is 6.40. The Balaban J connectivity index is 1.88. The number of hydrogen-bond acceptors (Lipinski definition) is 7. The maximum absolute atomic E-state index is 12.9. The van der Waals surface area contributed by atoms with Crippen LogP contribution in [0.3, 0.4) is 0 Å². The first-order chi connectivity index (χ1) is 14.1. The first kappa shape index (κ1) is 21.9. The number of halogens is 6. The molecule has 1 aromatic carbocycles. The van der Waals surface area contributed by atoms with Crippen LogP contribution in [0.25, 0.3) is 0 Å². The quantitative estimate of drug-likeness (QED) is 0.675. The van der Waals surface area contributed by atoms with Crippen molar-refractivity contribution < 1.29 is 31.1 Å². The number of aromatic nitrogens is 3. The molecular weight excluding hydrogens is 418 g/mol. The third-order valence-corrected chi connectivity index (χ3v) is 4.11. The molecule has 0 saturated carbocycles. The van der Waals surface area contributed by atoms with Crippen LogP contribution in [0, 0.1) is 0 Å². The first-order valence-electron chi connectivity index (χ1n) is 8.92. The lowest BCUT2D eigenvalue weighted by atomic mass is 10.2. The van der Waals surface area contributed by atoms with Crippen LogP contribution in [0.15, 0.2) is 30.3 Å². The number of anilines is 2. The van der Waals surface area contributed by atoms with E-state index in [-0.39, 0.29) is 18.4 Å². The molecule has 2 heterocycles. The molecular formula is C17H18F6N6O. The van der Waals surface area contributed by atoms with Crippen molar-refractivity contribution in [2.24, 2.45) is 0 Å². The molecule has 0 bridgehead atoms. The fourth-order valence-electron chi connectivity index (χ4n) is 2.69. The lowest BCUT2D eigenvalue weighted by molar-refractivity contribution is -0.301. The highest BCUT2D eigenvalue weighted by molar-refractivity contribution is 5.39. The zero-order chi connectivity index (χ0) is 21.8. The van der Waals surface area contributed by atoms with Gasteiger partial charge in [-0.25, -0.2) is 0 Å². The van der Waals surface area contributed by atoms with E-state index >= 15 is 0 Å². The molecule has 1 fully saturated rings. The molecule has 1 aliphatic rings. The van der Waals surface area contributed by atoms with Gasteiger partial charge >= 0.3 is 18.4 Å². The van der Waals surface area contributed by atoms with Crippen LogP contribution < -0.4 is 20.3 Å². The van der Waals surface area contributed by atoms with Gasteiger partial charge < -0.3 is 20.3 Å². The Labute approximate surface area is 167 Å². The molecule has 164 valence electrons. The Kier molecular flexibility index (Phi) is 6.48. The van der Waals surface area contributed by atoms with Crippen LogP contribution in [0.2, 0.25) is 0 Å². The van der Waals surface area contributed by atoms with Gasteiger partial charge in [0.1, 0.15) is 0 Å². The normalized spacial score (nSPS) is 15.4. The van der Waals surface area contributed by atoms with Gasteiger partial charge in [0.05, 0.1) is 0 Å². The van der Waals surface area contributed by atoms with E-state index in [9.17, 15) is 26.3 Å². The van der Waals surface area contributed by atoms with Gasteiger partial charge in [-0.3, -0.25) is 0 Å². The molecule has 0 amide bonds. The fourth-order valence-corrected chi connectivity index (χ4v) is 2.69. The molecule has 2 aromatic rings. The third kappa shape index (κ3) is 5.84. The molecule has 1 saturated heterocycles. The van der Waals surface area contributed by atoms with Crippen LogP contribution in [0.1, 0.15) is 5.56 Å². The lowest BCUT2D eigenvalue weighted by Crippen LogP contribution is -2.47. The van der Waals surface area contributed by atoms with Crippen LogP contribution in [-0.4, -0.2) is 59.6 Å². The van der Waals surface area contributed by atoms with Crippen molar-refractivity contribution in [2.75, 3.05) is 36.4 Å². The summed E-state index contributed by atoms with van der Waals surface area (Å²) in [7, 11) is 0. The highest BCUT2D eigenvalue weighted by Crippen LogP contribution is 2.36. The summed E-state index contributed by atoms with van der Waals surface area (Å²) in [6, 6.07) is 7.87. The molecule has 13 heteroatoms. The minimum absolute atomic E-state index is 0.0693. The van der Waals surface area contributed by atoms with Crippen molar-refractivity contribution in [3.63, 3.8) is 0 Å². The molecule has 1 aliphatic heterocycles. The largest absolute Gasteiger partial charge is 0.440 e. The SMILES string of the molecule is FC(F)(F)C(Oc1nc(NCc2ccccc2)nc(N2CCNCC2)n1)C(F)(F)F. The maximum Gasteiger partial charge on any atom is 0.434 e. The second-order valence-electron chi connectivity index (χ2n) is 6.40. The number of ether oxygens (including phenoxy) is 1. The minimum atomic E-state index is -5.68. The molecule has 1 aromatic heterocycles. The van der Waals surface area contributed by atoms with Gasteiger partial charge in [0, 0.05) is 32.7 Å². The van der Waals surface area contributed by atoms with Crippen LogP contribution in [0.4, 0.5) is 38.2 Å². The summed E-state index contributed by atoms with van der Waals surface area (Å²) < 4.78 is 81.4. The highest BCUT2D eigenvalue weighted by Gasteiger charge is 2.59. The van der Waals surface area contributed by atoms with Crippen molar-refractivity contribution in [3.05, 3.63) is 35.9 Å². The highest BCUT2D eigenvalue weighted by atomic mass is 19.4. The average Bonchev–Trinajstić information content (AvgIpc) is 2.70. The Hall–Kier alpha value is -2.83. The zero-order valence-electron chi connectivity index (χ0n) is 15.5. The zero-order valence-corrected chi connectivity index (χ0v) is 15.5. The van der Waals surface area contributed by atoms with E-state index in [4.69, 9.17) is 0 Å². The molecule has 2 N–H and O–H groups in total. The molecule has 3 rings (SSSR count). The summed E-state index contributed by atoms with van der Waals surface area (Å²) in [5, 5.41) is 5.86. The van der Waals surface area contributed by atoms with E-state index in [1.54, 1.807) is 35.2 Å². The van der Waals surface area contributed by atoms with Crippen LogP contribution >= 0.6 is 0 Å². The molecule has 0 unspecified atom stereocenters. The van der Waals surface area contributed by atoms with E-state index in [0.717, 1.165) is 5.56 Å². The van der Waals surface area contributed by atoms with Gasteiger partial charge in [-0.15, -0.1) is 0 Å². The van der Waals surface area contributed by atoms with Gasteiger partial charge in [-0.05, 0) is 5.56 Å². The molecule has 0 atom stereocenters. The Bertz CT molecular complexity index is 812. The Morgan fingerprint density at radius 3 is 2.20 bits per heavy atom. The van der Waals surface area contributed by atoms with Crippen LogP contribution in [-0.2, 0) is 6.54 Å². The molecule has 0 spiro atoms. The number of hydrogen-bond donors (Lipinski definition) is 2. The standard InChI is InChI=1S/C17H18F6N6O/c18-16(19,20)12(17(21,22)23)30-15-27-13(25-10-11-4-2-1-3-5-11)26-14(28-15)29-8-6-24-7-9-29/h1-5,12,24H,6-10H2,(H,25,26,27,28). The van der Waals surface area contributed by atoms with Crippen molar-refractivity contribution in [1.29, 1.82) is 0 Å². The van der Waals surface area contributed by atoms with Crippen molar-refractivity contribution in [2.45, 2.75) is 25.0 Å². The number of alkyl halides is 6. The van der Waals surface area contributed by atoms with Gasteiger partial charge in [0.2, 0.25) is 11.9 Å². The van der Waals surface area contributed by atoms with Crippen molar-refractivity contribution in [1.82, 2.24) is 20.3 Å². The molecule has 30 heavy (non-hydrogen) atoms. The summed E-state index contributed by atoms with van der Waals surface area (Å²) in [6.45, 7) is 2.16. The number of nitrogens with one attached hydrogen (secondary N) is 2. The molecule has 0 radical (unpaired) electrons. The Morgan fingerprint density at radius 2 is 1.60 bits per heavy atom. The molecule has 7 nitrogen and oxygen atoms in total. The monoisotopic (exact) mass is 436 g/mol. The van der Waals surface area contributed by atoms with E-state index in [1.165, 1.54) is 0 Å². The van der Waals surface area contributed by atoms with E-state index < -0.39 is 24.5 Å². The van der Waals surface area contributed by atoms with E-state index in [1.807, 2.05) is 0 Å². The predicted molar refractivity (Wildman–Crippen MR) is 95.2 cm³/mol. The number of nitrogens with zero attached hydrogens (tertiary/aromatic N) is 4. The van der Waals surface area contributed by atoms with Crippen molar-refractivity contribution in [3.8, 4) is 6.01 Å². The minimum Gasteiger partial charge on any atom is -0.440 e. The first-order valence-corrected chi connectivity index (χ1v) is 8.92.